The summed E-state index contributed by atoms with van der Waals surface area (Å²) in [7, 11) is -3.56. The molecule has 6 nitrogen and oxygen atoms in total. The van der Waals surface area contributed by atoms with Crippen LogP contribution >= 0.6 is 11.3 Å². The molecular formula is C13H21N3O3S2. The van der Waals surface area contributed by atoms with Crippen molar-refractivity contribution in [2.45, 2.75) is 17.6 Å². The molecule has 1 aromatic rings. The topological polar surface area (TPSA) is 69.7 Å². The number of carbonyl (C=O) groups excluding carboxylic acids is 1. The second kappa shape index (κ2) is 7.35. The maximum Gasteiger partial charge on any atom is 0.253 e. The summed E-state index contributed by atoms with van der Waals surface area (Å²) in [5, 5.41) is 4.91. The van der Waals surface area contributed by atoms with Gasteiger partial charge in [-0.05, 0) is 17.9 Å². The van der Waals surface area contributed by atoms with Crippen LogP contribution in [-0.2, 0) is 14.8 Å². The van der Waals surface area contributed by atoms with E-state index in [2.05, 4.69) is 5.32 Å². The molecule has 2 heterocycles. The van der Waals surface area contributed by atoms with Gasteiger partial charge in [-0.3, -0.25) is 4.79 Å². The first-order chi connectivity index (χ1) is 10.1. The van der Waals surface area contributed by atoms with Crippen LogP contribution in [0.4, 0.5) is 0 Å². The zero-order valence-electron chi connectivity index (χ0n) is 12.1. The van der Waals surface area contributed by atoms with Crippen molar-refractivity contribution in [3.05, 3.63) is 17.5 Å². The highest BCUT2D eigenvalue weighted by Crippen LogP contribution is 2.21. The molecule has 1 aliphatic rings. The number of thiophene rings is 1. The minimum atomic E-state index is -3.56. The number of nitrogens with one attached hydrogen (secondary N) is 1. The lowest BCUT2D eigenvalue weighted by Gasteiger charge is -2.29. The van der Waals surface area contributed by atoms with E-state index in [0.717, 1.165) is 13.1 Å². The van der Waals surface area contributed by atoms with Crippen molar-refractivity contribution in [3.63, 3.8) is 0 Å². The summed E-state index contributed by atoms with van der Waals surface area (Å²) in [4.78, 5) is 14.0. The molecule has 0 spiro atoms. The van der Waals surface area contributed by atoms with Crippen LogP contribution in [0.5, 0.6) is 0 Å². The lowest BCUT2D eigenvalue weighted by Crippen LogP contribution is -2.50. The van der Waals surface area contributed by atoms with Gasteiger partial charge in [0, 0.05) is 32.7 Å². The van der Waals surface area contributed by atoms with Crippen LogP contribution < -0.4 is 5.32 Å². The van der Waals surface area contributed by atoms with Gasteiger partial charge in [0.2, 0.25) is 5.91 Å². The fraction of sp³-hybridized carbons (Fsp3) is 0.615. The van der Waals surface area contributed by atoms with Gasteiger partial charge >= 0.3 is 0 Å². The Morgan fingerprint density at radius 2 is 2.14 bits per heavy atom. The van der Waals surface area contributed by atoms with Crippen molar-refractivity contribution >= 4 is 27.3 Å². The molecule has 1 aliphatic heterocycles. The van der Waals surface area contributed by atoms with Gasteiger partial charge < -0.3 is 10.2 Å². The Morgan fingerprint density at radius 3 is 2.71 bits per heavy atom. The predicted molar refractivity (Wildman–Crippen MR) is 82.8 cm³/mol. The lowest BCUT2D eigenvalue weighted by molar-refractivity contribution is -0.131. The van der Waals surface area contributed by atoms with Gasteiger partial charge in [-0.2, -0.15) is 4.31 Å². The van der Waals surface area contributed by atoms with E-state index in [1.165, 1.54) is 15.6 Å². The Bertz CT molecular complexity index is 551. The average molecular weight is 331 g/mol. The van der Waals surface area contributed by atoms with E-state index >= 15 is 0 Å². The summed E-state index contributed by atoms with van der Waals surface area (Å²) >= 11 is 1.18. The van der Waals surface area contributed by atoms with Crippen molar-refractivity contribution in [1.29, 1.82) is 0 Å². The van der Waals surface area contributed by atoms with Crippen molar-refractivity contribution < 1.29 is 13.2 Å². The molecule has 0 unspecified atom stereocenters. The summed E-state index contributed by atoms with van der Waals surface area (Å²) in [5.74, 6) is -0.120. The quantitative estimate of drug-likeness (QED) is 0.828. The molecule has 2 rings (SSSR count). The maximum atomic E-state index is 12.6. The van der Waals surface area contributed by atoms with Crippen molar-refractivity contribution in [3.8, 4) is 0 Å². The largest absolute Gasteiger partial charge is 0.339 e. The van der Waals surface area contributed by atoms with Gasteiger partial charge in [-0.1, -0.05) is 13.0 Å². The monoisotopic (exact) mass is 331 g/mol. The summed E-state index contributed by atoms with van der Waals surface area (Å²) < 4.78 is 26.7. The van der Waals surface area contributed by atoms with Crippen LogP contribution in [0.15, 0.2) is 21.7 Å². The molecule has 1 amide bonds. The molecule has 1 aromatic heterocycles. The average Bonchev–Trinajstić information content (AvgIpc) is 3.02. The number of hydrogen-bond donors (Lipinski definition) is 1. The lowest BCUT2D eigenvalue weighted by atomic mass is 10.3. The number of sulfonamides is 1. The van der Waals surface area contributed by atoms with E-state index in [1.807, 2.05) is 6.92 Å². The minimum absolute atomic E-state index is 0.0753. The summed E-state index contributed by atoms with van der Waals surface area (Å²) in [6, 6.07) is 3.29. The molecule has 1 N–H and O–H groups in total. The Morgan fingerprint density at radius 1 is 1.43 bits per heavy atom. The summed E-state index contributed by atoms with van der Waals surface area (Å²) in [6.07, 6.45) is 0.680. The highest BCUT2D eigenvalue weighted by atomic mass is 32.2. The molecule has 1 fully saturated rings. The number of amides is 1. The fourth-order valence-corrected chi connectivity index (χ4v) is 4.86. The number of piperazine rings is 1. The van der Waals surface area contributed by atoms with Crippen LogP contribution in [0.2, 0.25) is 0 Å². The third kappa shape index (κ3) is 4.03. The van der Waals surface area contributed by atoms with E-state index in [-0.39, 0.29) is 12.5 Å². The van der Waals surface area contributed by atoms with Crippen molar-refractivity contribution in [1.82, 2.24) is 14.5 Å². The predicted octanol–water partition coefficient (Wildman–Crippen LogP) is 0.581. The molecule has 21 heavy (non-hydrogen) atoms. The first-order valence-corrected chi connectivity index (χ1v) is 9.40. The Hall–Kier alpha value is -0.960. The second-order valence-electron chi connectivity index (χ2n) is 4.90. The molecule has 0 bridgehead atoms. The molecular weight excluding hydrogens is 310 g/mol. The van der Waals surface area contributed by atoms with Crippen LogP contribution in [0.1, 0.15) is 13.3 Å². The molecule has 1 saturated heterocycles. The van der Waals surface area contributed by atoms with Gasteiger partial charge in [0.1, 0.15) is 4.21 Å². The van der Waals surface area contributed by atoms with E-state index in [9.17, 15) is 13.2 Å². The van der Waals surface area contributed by atoms with E-state index in [1.54, 1.807) is 22.4 Å². The first-order valence-electron chi connectivity index (χ1n) is 7.08. The number of rotatable bonds is 6. The fourth-order valence-electron chi connectivity index (χ4n) is 2.24. The first kappa shape index (κ1) is 16.4. The standard InChI is InChI=1S/C13H21N3O3S2/c1-2-7-16(21(18,19)13-4-3-10-20-13)11-12(17)15-8-5-14-6-9-15/h3-4,10,14H,2,5-9,11H2,1H3. The number of hydrogen-bond acceptors (Lipinski definition) is 5. The highest BCUT2D eigenvalue weighted by molar-refractivity contribution is 7.91. The molecule has 0 aromatic carbocycles. The Labute approximate surface area is 129 Å². The third-order valence-corrected chi connectivity index (χ3v) is 6.56. The Kier molecular flexibility index (Phi) is 5.74. The van der Waals surface area contributed by atoms with Crippen LogP contribution in [-0.4, -0.2) is 62.8 Å². The van der Waals surface area contributed by atoms with E-state index in [0.29, 0.717) is 30.3 Å². The highest BCUT2D eigenvalue weighted by Gasteiger charge is 2.28. The molecule has 0 atom stereocenters. The normalized spacial score (nSPS) is 16.4. The molecule has 0 radical (unpaired) electrons. The van der Waals surface area contributed by atoms with Crippen LogP contribution in [0.25, 0.3) is 0 Å². The van der Waals surface area contributed by atoms with Gasteiger partial charge in [0.15, 0.2) is 0 Å². The van der Waals surface area contributed by atoms with Gasteiger partial charge in [0.25, 0.3) is 10.0 Å². The SMILES string of the molecule is CCCN(CC(=O)N1CCNCC1)S(=O)(=O)c1cccs1. The molecule has 118 valence electrons. The number of carbonyl (C=O) groups is 1. The third-order valence-electron chi connectivity index (χ3n) is 3.34. The zero-order valence-corrected chi connectivity index (χ0v) is 13.8. The molecule has 0 aliphatic carbocycles. The van der Waals surface area contributed by atoms with Gasteiger partial charge in [-0.25, -0.2) is 8.42 Å². The summed E-state index contributed by atoms with van der Waals surface area (Å²) in [6.45, 7) is 4.99. The van der Waals surface area contributed by atoms with Crippen molar-refractivity contribution in [2.24, 2.45) is 0 Å². The Balaban J connectivity index is 2.10. The van der Waals surface area contributed by atoms with Crippen LogP contribution in [0, 0.1) is 0 Å². The zero-order chi connectivity index (χ0) is 15.3. The van der Waals surface area contributed by atoms with Crippen molar-refractivity contribution in [2.75, 3.05) is 39.3 Å². The van der Waals surface area contributed by atoms with E-state index < -0.39 is 10.0 Å². The minimum Gasteiger partial charge on any atom is -0.339 e. The van der Waals surface area contributed by atoms with Crippen LogP contribution in [0.3, 0.4) is 0 Å². The second-order valence-corrected chi connectivity index (χ2v) is 8.01. The number of nitrogens with zero attached hydrogens (tertiary/aromatic N) is 2. The van der Waals surface area contributed by atoms with E-state index in [4.69, 9.17) is 0 Å². The van der Waals surface area contributed by atoms with Gasteiger partial charge in [-0.15, -0.1) is 11.3 Å². The summed E-state index contributed by atoms with van der Waals surface area (Å²) in [5.41, 5.74) is 0. The molecule has 8 heteroatoms. The molecule has 0 saturated carbocycles. The smallest absolute Gasteiger partial charge is 0.253 e. The van der Waals surface area contributed by atoms with Gasteiger partial charge in [0.05, 0.1) is 6.54 Å². The maximum absolute atomic E-state index is 12.6.